The number of fused-ring (bicyclic) bond motifs is 1. The lowest BCUT2D eigenvalue weighted by Crippen LogP contribution is -2.48. The molecular weight excluding hydrogens is 404 g/mol. The molecule has 0 saturated carbocycles. The first-order valence-corrected chi connectivity index (χ1v) is 9.87. The molecule has 0 aromatic heterocycles. The van der Waals surface area contributed by atoms with Gasteiger partial charge in [0.15, 0.2) is 16.6 Å². The van der Waals surface area contributed by atoms with E-state index in [1.54, 1.807) is 12.0 Å². The van der Waals surface area contributed by atoms with Gasteiger partial charge in [0.05, 0.1) is 31.5 Å². The summed E-state index contributed by atoms with van der Waals surface area (Å²) in [5.74, 6) is 1.59. The maximum absolute atomic E-state index is 12.8. The Morgan fingerprint density at radius 3 is 2.63 bits per heavy atom. The molecule has 2 heterocycles. The molecule has 8 heteroatoms. The number of carbonyl (C=O) groups is 1. The second-order valence-corrected chi connectivity index (χ2v) is 7.20. The van der Waals surface area contributed by atoms with Crippen molar-refractivity contribution in [1.82, 2.24) is 5.32 Å². The van der Waals surface area contributed by atoms with Crippen LogP contribution in [0.25, 0.3) is 0 Å². The lowest BCUT2D eigenvalue weighted by molar-refractivity contribution is -0.136. The summed E-state index contributed by atoms with van der Waals surface area (Å²) >= 11 is 5.68. The Kier molecular flexibility index (Phi) is 5.50. The molecule has 156 valence electrons. The van der Waals surface area contributed by atoms with Gasteiger partial charge in [-0.15, -0.1) is 0 Å². The van der Waals surface area contributed by atoms with Gasteiger partial charge in [0.2, 0.25) is 0 Å². The summed E-state index contributed by atoms with van der Waals surface area (Å²) < 4.78 is 21.7. The van der Waals surface area contributed by atoms with Crippen molar-refractivity contribution in [3.63, 3.8) is 0 Å². The minimum Gasteiger partial charge on any atom is -0.497 e. The van der Waals surface area contributed by atoms with Crippen LogP contribution in [-0.4, -0.2) is 38.5 Å². The van der Waals surface area contributed by atoms with E-state index in [0.717, 1.165) is 11.3 Å². The number of nitrogens with one attached hydrogen (secondary N) is 1. The van der Waals surface area contributed by atoms with Gasteiger partial charge in [0.25, 0.3) is 0 Å². The zero-order valence-electron chi connectivity index (χ0n) is 16.9. The van der Waals surface area contributed by atoms with Gasteiger partial charge in [-0.2, -0.15) is 0 Å². The Morgan fingerprint density at radius 2 is 1.90 bits per heavy atom. The molecule has 2 aromatic rings. The fourth-order valence-corrected chi connectivity index (χ4v) is 4.03. The van der Waals surface area contributed by atoms with Crippen LogP contribution in [0.5, 0.6) is 17.2 Å². The van der Waals surface area contributed by atoms with E-state index >= 15 is 0 Å². The molecule has 0 amide bonds. The number of ether oxygens (including phenoxy) is 4. The van der Waals surface area contributed by atoms with Crippen molar-refractivity contribution in [2.24, 2.45) is 0 Å². The van der Waals surface area contributed by atoms with E-state index in [0.29, 0.717) is 46.8 Å². The average Bonchev–Trinajstić information content (AvgIpc) is 2.78. The molecule has 1 atom stereocenters. The summed E-state index contributed by atoms with van der Waals surface area (Å²) in [5.41, 5.74) is 2.75. The highest BCUT2D eigenvalue weighted by Gasteiger charge is 2.35. The van der Waals surface area contributed by atoms with Gasteiger partial charge in [-0.1, -0.05) is 12.1 Å². The molecule has 30 heavy (non-hydrogen) atoms. The van der Waals surface area contributed by atoms with Crippen molar-refractivity contribution in [2.75, 3.05) is 32.3 Å². The van der Waals surface area contributed by atoms with E-state index in [1.165, 1.54) is 7.11 Å². The molecule has 4 rings (SSSR count). The fourth-order valence-electron chi connectivity index (χ4n) is 3.67. The Labute approximate surface area is 180 Å². The van der Waals surface area contributed by atoms with Gasteiger partial charge < -0.3 is 24.3 Å². The van der Waals surface area contributed by atoms with E-state index in [9.17, 15) is 4.79 Å². The Hall–Kier alpha value is -3.26. The maximum atomic E-state index is 12.8. The molecule has 2 aliphatic rings. The standard InChI is InChI=1S/C22H22N2O5S/c1-13-19(21(25)27-3)20(14-5-4-6-16(11-14)26-2)23-22(30)24(13)15-7-8-17-18(12-15)29-10-9-28-17/h4-8,11-12,20H,9-10H2,1-3H3,(H,23,30). The van der Waals surface area contributed by atoms with E-state index in [-0.39, 0.29) is 0 Å². The molecule has 0 bridgehead atoms. The number of hydrogen-bond acceptors (Lipinski definition) is 6. The summed E-state index contributed by atoms with van der Waals surface area (Å²) in [6.07, 6.45) is 0. The molecular formula is C22H22N2O5S. The zero-order valence-corrected chi connectivity index (χ0v) is 17.7. The van der Waals surface area contributed by atoms with Gasteiger partial charge in [-0.05, 0) is 49.0 Å². The second-order valence-electron chi connectivity index (χ2n) is 6.81. The average molecular weight is 426 g/mol. The minimum absolute atomic E-state index is 0.433. The highest BCUT2D eigenvalue weighted by molar-refractivity contribution is 7.80. The highest BCUT2D eigenvalue weighted by atomic mass is 32.1. The highest BCUT2D eigenvalue weighted by Crippen LogP contribution is 2.39. The molecule has 0 aliphatic carbocycles. The maximum Gasteiger partial charge on any atom is 0.337 e. The summed E-state index contributed by atoms with van der Waals surface area (Å²) in [6, 6.07) is 12.6. The third kappa shape index (κ3) is 3.54. The molecule has 2 aromatic carbocycles. The summed E-state index contributed by atoms with van der Waals surface area (Å²) in [5, 5.41) is 3.74. The molecule has 7 nitrogen and oxygen atoms in total. The van der Waals surface area contributed by atoms with E-state index in [4.69, 9.17) is 31.2 Å². The van der Waals surface area contributed by atoms with Gasteiger partial charge >= 0.3 is 5.97 Å². The van der Waals surface area contributed by atoms with Gasteiger partial charge in [0.1, 0.15) is 19.0 Å². The Bertz CT molecular complexity index is 1040. The number of hydrogen-bond donors (Lipinski definition) is 1. The quantitative estimate of drug-likeness (QED) is 0.590. The third-order valence-electron chi connectivity index (χ3n) is 5.10. The van der Waals surface area contributed by atoms with Gasteiger partial charge in [-0.3, -0.25) is 4.90 Å². The van der Waals surface area contributed by atoms with Crippen molar-refractivity contribution in [2.45, 2.75) is 13.0 Å². The van der Waals surface area contributed by atoms with Gasteiger partial charge in [0, 0.05) is 11.8 Å². The number of thiocarbonyl (C=S) groups is 1. The van der Waals surface area contributed by atoms with Crippen LogP contribution in [-0.2, 0) is 9.53 Å². The van der Waals surface area contributed by atoms with Crippen LogP contribution in [0.3, 0.4) is 0 Å². The Morgan fingerprint density at radius 1 is 1.13 bits per heavy atom. The number of anilines is 1. The van der Waals surface area contributed by atoms with Crippen LogP contribution in [0.4, 0.5) is 5.69 Å². The predicted molar refractivity (Wildman–Crippen MR) is 116 cm³/mol. The van der Waals surface area contributed by atoms with Crippen molar-refractivity contribution in [3.8, 4) is 17.2 Å². The van der Waals surface area contributed by atoms with Crippen LogP contribution >= 0.6 is 12.2 Å². The normalized spacial score (nSPS) is 18.0. The number of benzene rings is 2. The van der Waals surface area contributed by atoms with Gasteiger partial charge in [-0.25, -0.2) is 4.79 Å². The van der Waals surface area contributed by atoms with Crippen LogP contribution in [0, 0.1) is 0 Å². The van der Waals surface area contributed by atoms with Crippen LogP contribution in [0.2, 0.25) is 0 Å². The molecule has 0 fully saturated rings. The van der Waals surface area contributed by atoms with Crippen LogP contribution in [0.15, 0.2) is 53.7 Å². The number of esters is 1. The molecule has 0 radical (unpaired) electrons. The number of carbonyl (C=O) groups excluding carboxylic acids is 1. The lowest BCUT2D eigenvalue weighted by Gasteiger charge is -2.37. The molecule has 0 spiro atoms. The molecule has 1 N–H and O–H groups in total. The van der Waals surface area contributed by atoms with Crippen molar-refractivity contribution in [1.29, 1.82) is 0 Å². The SMILES string of the molecule is COC(=O)C1=C(C)N(c2ccc3c(c2)OCCO3)C(=S)NC1c1cccc(OC)c1. The molecule has 2 aliphatic heterocycles. The van der Waals surface area contributed by atoms with E-state index < -0.39 is 12.0 Å². The predicted octanol–water partition coefficient (Wildman–Crippen LogP) is 3.35. The number of allylic oxidation sites excluding steroid dienone is 1. The van der Waals surface area contributed by atoms with Crippen LogP contribution < -0.4 is 24.4 Å². The van der Waals surface area contributed by atoms with Crippen molar-refractivity contribution >= 4 is 29.0 Å². The van der Waals surface area contributed by atoms with E-state index in [1.807, 2.05) is 49.4 Å². The first-order chi connectivity index (χ1) is 14.5. The number of nitrogens with zero attached hydrogens (tertiary/aromatic N) is 1. The topological polar surface area (TPSA) is 69.3 Å². The zero-order chi connectivity index (χ0) is 21.3. The summed E-state index contributed by atoms with van der Waals surface area (Å²) in [4.78, 5) is 14.6. The van der Waals surface area contributed by atoms with Crippen LogP contribution in [0.1, 0.15) is 18.5 Å². The summed E-state index contributed by atoms with van der Waals surface area (Å²) in [7, 11) is 2.97. The Balaban J connectivity index is 1.80. The fraction of sp³-hybridized carbons (Fsp3) is 0.273. The van der Waals surface area contributed by atoms with E-state index in [2.05, 4.69) is 5.32 Å². The summed E-state index contributed by atoms with van der Waals surface area (Å²) in [6.45, 7) is 2.85. The first-order valence-electron chi connectivity index (χ1n) is 9.46. The monoisotopic (exact) mass is 426 g/mol. The number of methoxy groups -OCH3 is 2. The molecule has 0 saturated heterocycles. The molecule has 1 unspecified atom stereocenters. The smallest absolute Gasteiger partial charge is 0.337 e. The van der Waals surface area contributed by atoms with Crippen molar-refractivity contribution < 1.29 is 23.7 Å². The first kappa shape index (κ1) is 20.0. The largest absolute Gasteiger partial charge is 0.497 e. The van der Waals surface area contributed by atoms with Crippen molar-refractivity contribution in [3.05, 3.63) is 59.3 Å². The lowest BCUT2D eigenvalue weighted by atomic mass is 9.94. The minimum atomic E-state index is -0.464. The third-order valence-corrected chi connectivity index (χ3v) is 5.40. The number of rotatable bonds is 4. The second kappa shape index (κ2) is 8.23.